The lowest BCUT2D eigenvalue weighted by molar-refractivity contribution is -0.149. The number of esters is 1. The minimum Gasteiger partial charge on any atom is -0.425 e. The van der Waals surface area contributed by atoms with Crippen LogP contribution in [0.25, 0.3) is 0 Å². The lowest BCUT2D eigenvalue weighted by Crippen LogP contribution is -2.49. The molecule has 4 heteroatoms. The molecule has 0 aromatic heterocycles. The first-order chi connectivity index (χ1) is 10.5. The standard InChI is InChI=1S/C18H25NO3/c1-4-17(20)19-12-6-5-7-16(19)18(21)22-15-10-8-14(9-11-15)13(2)3/h8-11,13,16H,4-7,12H2,1-3H3. The highest BCUT2D eigenvalue weighted by molar-refractivity contribution is 5.85. The van der Waals surface area contributed by atoms with Gasteiger partial charge in [0.05, 0.1) is 0 Å². The van der Waals surface area contributed by atoms with Gasteiger partial charge >= 0.3 is 5.97 Å². The zero-order valence-corrected chi connectivity index (χ0v) is 13.7. The van der Waals surface area contributed by atoms with E-state index in [0.29, 0.717) is 31.1 Å². The van der Waals surface area contributed by atoms with Crippen molar-refractivity contribution in [3.63, 3.8) is 0 Å². The molecule has 120 valence electrons. The number of nitrogens with zero attached hydrogens (tertiary/aromatic N) is 1. The van der Waals surface area contributed by atoms with Gasteiger partial charge in [0.15, 0.2) is 0 Å². The quantitative estimate of drug-likeness (QED) is 0.631. The van der Waals surface area contributed by atoms with Gasteiger partial charge < -0.3 is 9.64 Å². The first-order valence-electron chi connectivity index (χ1n) is 8.14. The lowest BCUT2D eigenvalue weighted by Gasteiger charge is -2.33. The van der Waals surface area contributed by atoms with E-state index in [2.05, 4.69) is 13.8 Å². The maximum Gasteiger partial charge on any atom is 0.334 e. The van der Waals surface area contributed by atoms with Crippen LogP contribution >= 0.6 is 0 Å². The summed E-state index contributed by atoms with van der Waals surface area (Å²) in [5, 5.41) is 0. The fourth-order valence-corrected chi connectivity index (χ4v) is 2.78. The Balaban J connectivity index is 2.04. The Morgan fingerprint density at radius 1 is 1.23 bits per heavy atom. The second kappa shape index (κ2) is 7.43. The molecule has 1 aliphatic heterocycles. The van der Waals surface area contributed by atoms with Gasteiger partial charge in [0.2, 0.25) is 5.91 Å². The Kier molecular flexibility index (Phi) is 5.58. The summed E-state index contributed by atoms with van der Waals surface area (Å²) >= 11 is 0. The maximum atomic E-state index is 12.4. The van der Waals surface area contributed by atoms with E-state index in [0.717, 1.165) is 12.8 Å². The topological polar surface area (TPSA) is 46.6 Å². The molecule has 1 aromatic carbocycles. The van der Waals surface area contributed by atoms with E-state index in [-0.39, 0.29) is 11.9 Å². The first-order valence-corrected chi connectivity index (χ1v) is 8.14. The van der Waals surface area contributed by atoms with Crippen LogP contribution in [-0.4, -0.2) is 29.4 Å². The molecule has 0 radical (unpaired) electrons. The summed E-state index contributed by atoms with van der Waals surface area (Å²) < 4.78 is 5.48. The largest absolute Gasteiger partial charge is 0.425 e. The fourth-order valence-electron chi connectivity index (χ4n) is 2.78. The Morgan fingerprint density at radius 3 is 2.50 bits per heavy atom. The van der Waals surface area contributed by atoms with Crippen LogP contribution < -0.4 is 4.74 Å². The molecule has 2 rings (SSSR count). The predicted molar refractivity (Wildman–Crippen MR) is 85.8 cm³/mol. The van der Waals surface area contributed by atoms with E-state index >= 15 is 0 Å². The molecule has 0 spiro atoms. The first kappa shape index (κ1) is 16.5. The summed E-state index contributed by atoms with van der Waals surface area (Å²) in [5.74, 6) is 0.695. The molecule has 0 saturated carbocycles. The van der Waals surface area contributed by atoms with Crippen molar-refractivity contribution in [3.8, 4) is 5.75 Å². The number of hydrogen-bond acceptors (Lipinski definition) is 3. The van der Waals surface area contributed by atoms with Crippen molar-refractivity contribution in [1.82, 2.24) is 4.90 Å². The van der Waals surface area contributed by atoms with Crippen LogP contribution in [0.4, 0.5) is 0 Å². The SMILES string of the molecule is CCC(=O)N1CCCCC1C(=O)Oc1ccc(C(C)C)cc1. The van der Waals surface area contributed by atoms with Crippen molar-refractivity contribution >= 4 is 11.9 Å². The minimum absolute atomic E-state index is 0.0248. The maximum absolute atomic E-state index is 12.4. The van der Waals surface area contributed by atoms with Crippen molar-refractivity contribution in [1.29, 1.82) is 0 Å². The van der Waals surface area contributed by atoms with E-state index in [1.54, 1.807) is 4.90 Å². The number of rotatable bonds is 4. The molecule has 22 heavy (non-hydrogen) atoms. The van der Waals surface area contributed by atoms with Gasteiger partial charge in [0.1, 0.15) is 11.8 Å². The molecule has 1 saturated heterocycles. The summed E-state index contributed by atoms with van der Waals surface area (Å²) in [6.45, 7) is 6.72. The average molecular weight is 303 g/mol. The van der Waals surface area contributed by atoms with E-state index in [9.17, 15) is 9.59 Å². The van der Waals surface area contributed by atoms with Gasteiger partial charge in [0.25, 0.3) is 0 Å². The van der Waals surface area contributed by atoms with Gasteiger partial charge in [-0.25, -0.2) is 4.79 Å². The zero-order valence-electron chi connectivity index (χ0n) is 13.7. The lowest BCUT2D eigenvalue weighted by atomic mass is 10.0. The van der Waals surface area contributed by atoms with Gasteiger partial charge in [-0.05, 0) is 42.9 Å². The van der Waals surface area contributed by atoms with E-state index < -0.39 is 6.04 Å². The highest BCUT2D eigenvalue weighted by Gasteiger charge is 2.32. The number of amides is 1. The van der Waals surface area contributed by atoms with Crippen LogP contribution in [0.15, 0.2) is 24.3 Å². The molecular formula is C18H25NO3. The molecule has 1 atom stereocenters. The van der Waals surface area contributed by atoms with Crippen molar-refractivity contribution in [3.05, 3.63) is 29.8 Å². The molecule has 0 bridgehead atoms. The molecule has 1 unspecified atom stereocenters. The number of hydrogen-bond donors (Lipinski definition) is 0. The third kappa shape index (κ3) is 3.87. The molecule has 4 nitrogen and oxygen atoms in total. The van der Waals surface area contributed by atoms with Crippen LogP contribution in [0, 0.1) is 0 Å². The number of carbonyl (C=O) groups is 2. The third-order valence-electron chi connectivity index (χ3n) is 4.16. The Hall–Kier alpha value is -1.84. The Morgan fingerprint density at radius 2 is 1.91 bits per heavy atom. The number of carbonyl (C=O) groups excluding carboxylic acids is 2. The molecule has 0 N–H and O–H groups in total. The monoisotopic (exact) mass is 303 g/mol. The van der Waals surface area contributed by atoms with Crippen LogP contribution in [0.1, 0.15) is 57.9 Å². The molecule has 1 amide bonds. The Bertz CT molecular complexity index is 522. The molecular weight excluding hydrogens is 278 g/mol. The van der Waals surface area contributed by atoms with E-state index in [1.807, 2.05) is 31.2 Å². The third-order valence-corrected chi connectivity index (χ3v) is 4.16. The molecule has 1 fully saturated rings. The molecule has 1 aliphatic rings. The Labute approximate surface area is 132 Å². The summed E-state index contributed by atoms with van der Waals surface area (Å²) in [5.41, 5.74) is 1.21. The highest BCUT2D eigenvalue weighted by atomic mass is 16.5. The predicted octanol–water partition coefficient (Wildman–Crippen LogP) is 3.51. The smallest absolute Gasteiger partial charge is 0.334 e. The summed E-state index contributed by atoms with van der Waals surface area (Å²) in [6.07, 6.45) is 3.03. The number of piperidine rings is 1. The van der Waals surface area contributed by atoms with E-state index in [1.165, 1.54) is 5.56 Å². The molecule has 1 heterocycles. The van der Waals surface area contributed by atoms with Gasteiger partial charge in [-0.15, -0.1) is 0 Å². The van der Waals surface area contributed by atoms with Crippen molar-refractivity contribution < 1.29 is 14.3 Å². The normalized spacial score (nSPS) is 18.4. The van der Waals surface area contributed by atoms with Crippen LogP contribution in [-0.2, 0) is 9.59 Å². The van der Waals surface area contributed by atoms with Gasteiger partial charge in [-0.3, -0.25) is 4.79 Å². The summed E-state index contributed by atoms with van der Waals surface area (Å²) in [7, 11) is 0. The average Bonchev–Trinajstić information content (AvgIpc) is 2.54. The van der Waals surface area contributed by atoms with Gasteiger partial charge in [-0.1, -0.05) is 32.9 Å². The van der Waals surface area contributed by atoms with Crippen molar-refractivity contribution in [2.45, 2.75) is 58.4 Å². The number of benzene rings is 1. The van der Waals surface area contributed by atoms with Crippen molar-refractivity contribution in [2.24, 2.45) is 0 Å². The second-order valence-corrected chi connectivity index (χ2v) is 6.10. The van der Waals surface area contributed by atoms with Crippen molar-refractivity contribution in [2.75, 3.05) is 6.54 Å². The van der Waals surface area contributed by atoms with Crippen LogP contribution in [0.2, 0.25) is 0 Å². The van der Waals surface area contributed by atoms with E-state index in [4.69, 9.17) is 4.74 Å². The minimum atomic E-state index is -0.439. The number of likely N-dealkylation sites (tertiary alicyclic amines) is 1. The fraction of sp³-hybridized carbons (Fsp3) is 0.556. The summed E-state index contributed by atoms with van der Waals surface area (Å²) in [4.78, 5) is 26.0. The van der Waals surface area contributed by atoms with Gasteiger partial charge in [-0.2, -0.15) is 0 Å². The highest BCUT2D eigenvalue weighted by Crippen LogP contribution is 2.22. The van der Waals surface area contributed by atoms with Gasteiger partial charge in [0, 0.05) is 13.0 Å². The van der Waals surface area contributed by atoms with Crippen LogP contribution in [0.5, 0.6) is 5.75 Å². The molecule has 0 aliphatic carbocycles. The molecule has 1 aromatic rings. The number of ether oxygens (including phenoxy) is 1. The van der Waals surface area contributed by atoms with Crippen LogP contribution in [0.3, 0.4) is 0 Å². The zero-order chi connectivity index (χ0) is 16.1. The second-order valence-electron chi connectivity index (χ2n) is 6.10. The summed E-state index contributed by atoms with van der Waals surface area (Å²) in [6, 6.07) is 7.15.